The monoisotopic (exact) mass is 301 g/mol. The van der Waals surface area contributed by atoms with Gasteiger partial charge in [-0.15, -0.1) is 0 Å². The van der Waals surface area contributed by atoms with Crippen LogP contribution >= 0.6 is 11.8 Å². The van der Waals surface area contributed by atoms with Crippen LogP contribution < -0.4 is 5.32 Å². The quantitative estimate of drug-likeness (QED) is 0.862. The van der Waals surface area contributed by atoms with Gasteiger partial charge < -0.3 is 10.4 Å². The van der Waals surface area contributed by atoms with Crippen molar-refractivity contribution in [2.24, 2.45) is 0 Å². The topological polar surface area (TPSA) is 49.3 Å². The fourth-order valence-electron chi connectivity index (χ4n) is 2.08. The Labute approximate surface area is 129 Å². The number of hydrogen-bond acceptors (Lipinski definition) is 3. The molecule has 2 N–H and O–H groups in total. The molecule has 0 aliphatic heterocycles. The van der Waals surface area contributed by atoms with E-state index in [2.05, 4.69) is 5.32 Å². The van der Waals surface area contributed by atoms with E-state index in [0.29, 0.717) is 5.56 Å². The zero-order chi connectivity index (χ0) is 15.1. The largest absolute Gasteiger partial charge is 0.394 e. The van der Waals surface area contributed by atoms with E-state index in [0.717, 1.165) is 11.3 Å². The fraction of sp³-hybridized carbons (Fsp3) is 0.235. The first kappa shape index (κ1) is 15.6. The van der Waals surface area contributed by atoms with Gasteiger partial charge in [-0.1, -0.05) is 42.5 Å². The minimum atomic E-state index is -0.385. The Morgan fingerprint density at radius 1 is 1.14 bits per heavy atom. The number of hydrogen-bond donors (Lipinski definition) is 2. The number of carbonyl (C=O) groups is 1. The lowest BCUT2D eigenvalue weighted by Crippen LogP contribution is -2.30. The van der Waals surface area contributed by atoms with E-state index in [1.165, 1.54) is 5.56 Å². The zero-order valence-corrected chi connectivity index (χ0v) is 12.8. The zero-order valence-electron chi connectivity index (χ0n) is 12.0. The summed E-state index contributed by atoms with van der Waals surface area (Å²) in [7, 11) is 0. The van der Waals surface area contributed by atoms with Crippen molar-refractivity contribution in [1.82, 2.24) is 5.32 Å². The minimum Gasteiger partial charge on any atom is -0.394 e. The molecular weight excluding hydrogens is 282 g/mol. The predicted molar refractivity (Wildman–Crippen MR) is 87.4 cm³/mol. The number of thioether (sulfide) groups is 1. The smallest absolute Gasteiger partial charge is 0.251 e. The van der Waals surface area contributed by atoms with Crippen molar-refractivity contribution in [2.45, 2.75) is 11.8 Å². The molecule has 2 rings (SSSR count). The van der Waals surface area contributed by atoms with Crippen LogP contribution in [0.1, 0.15) is 27.5 Å². The van der Waals surface area contributed by atoms with E-state index in [4.69, 9.17) is 0 Å². The molecule has 3 nitrogen and oxygen atoms in total. The molecule has 2 aromatic carbocycles. The summed E-state index contributed by atoms with van der Waals surface area (Å²) in [6.07, 6.45) is 2.05. The Morgan fingerprint density at radius 3 is 2.38 bits per heavy atom. The molecule has 0 bridgehead atoms. The third kappa shape index (κ3) is 4.34. The predicted octanol–water partition coefficient (Wildman–Crippen LogP) is 3.01. The maximum Gasteiger partial charge on any atom is 0.251 e. The Morgan fingerprint density at radius 2 is 1.81 bits per heavy atom. The number of aliphatic hydroxyl groups is 1. The second-order valence-corrected chi connectivity index (χ2v) is 5.62. The van der Waals surface area contributed by atoms with Gasteiger partial charge in [-0.3, -0.25) is 4.79 Å². The molecule has 0 fully saturated rings. The molecule has 0 aliphatic carbocycles. The summed E-state index contributed by atoms with van der Waals surface area (Å²) in [6.45, 7) is -0.125. The number of aliphatic hydroxyl groups excluding tert-OH is 1. The Kier molecular flexibility index (Phi) is 5.84. The van der Waals surface area contributed by atoms with Crippen LogP contribution in [0.4, 0.5) is 0 Å². The Balaban J connectivity index is 2.05. The minimum absolute atomic E-state index is 0.125. The van der Waals surface area contributed by atoms with Crippen molar-refractivity contribution >= 4 is 17.7 Å². The van der Waals surface area contributed by atoms with Gasteiger partial charge in [0.1, 0.15) is 0 Å². The summed E-state index contributed by atoms with van der Waals surface area (Å²) < 4.78 is 0. The molecule has 21 heavy (non-hydrogen) atoms. The average molecular weight is 301 g/mol. The van der Waals surface area contributed by atoms with E-state index in [1.54, 1.807) is 11.8 Å². The van der Waals surface area contributed by atoms with Crippen molar-refractivity contribution < 1.29 is 9.90 Å². The molecule has 0 spiro atoms. The molecule has 0 aliphatic rings. The number of nitrogens with one attached hydrogen (secondary N) is 1. The number of rotatable bonds is 6. The van der Waals surface area contributed by atoms with Gasteiger partial charge in [0.15, 0.2) is 0 Å². The maximum absolute atomic E-state index is 12.2. The highest BCUT2D eigenvalue weighted by Crippen LogP contribution is 2.14. The summed E-state index contributed by atoms with van der Waals surface area (Å²) in [5.41, 5.74) is 2.70. The molecule has 0 saturated carbocycles. The summed E-state index contributed by atoms with van der Waals surface area (Å²) in [6, 6.07) is 16.6. The lowest BCUT2D eigenvalue weighted by molar-refractivity contribution is 0.0916. The van der Waals surface area contributed by atoms with Crippen LogP contribution in [-0.2, 0) is 5.75 Å². The van der Waals surface area contributed by atoms with Crippen LogP contribution in [0, 0.1) is 0 Å². The molecule has 1 atom stereocenters. The van der Waals surface area contributed by atoms with Gasteiger partial charge in [-0.05, 0) is 29.5 Å². The van der Waals surface area contributed by atoms with Gasteiger partial charge in [0, 0.05) is 11.3 Å². The van der Waals surface area contributed by atoms with Crippen LogP contribution in [0.5, 0.6) is 0 Å². The second kappa shape index (κ2) is 7.86. The molecule has 0 aromatic heterocycles. The first-order valence-corrected chi connectivity index (χ1v) is 8.18. The molecule has 2 aromatic rings. The summed E-state index contributed by atoms with van der Waals surface area (Å²) in [5.74, 6) is 0.763. The summed E-state index contributed by atoms with van der Waals surface area (Å²) in [5, 5.41) is 12.3. The lowest BCUT2D eigenvalue weighted by Gasteiger charge is -2.16. The van der Waals surface area contributed by atoms with Crippen molar-refractivity contribution in [1.29, 1.82) is 0 Å². The molecule has 0 saturated heterocycles. The highest BCUT2D eigenvalue weighted by molar-refractivity contribution is 7.97. The van der Waals surface area contributed by atoms with E-state index in [-0.39, 0.29) is 18.6 Å². The van der Waals surface area contributed by atoms with Crippen molar-refractivity contribution in [3.63, 3.8) is 0 Å². The molecule has 110 valence electrons. The molecule has 0 radical (unpaired) electrons. The number of benzene rings is 2. The van der Waals surface area contributed by atoms with Crippen molar-refractivity contribution in [2.75, 3.05) is 12.9 Å². The Bertz CT molecular complexity index is 569. The molecule has 0 heterocycles. The van der Waals surface area contributed by atoms with Crippen LogP contribution in [0.3, 0.4) is 0 Å². The highest BCUT2D eigenvalue weighted by Gasteiger charge is 2.14. The van der Waals surface area contributed by atoms with E-state index in [1.807, 2.05) is 60.9 Å². The average Bonchev–Trinajstić information content (AvgIpc) is 2.54. The van der Waals surface area contributed by atoms with Gasteiger partial charge in [-0.25, -0.2) is 0 Å². The molecule has 0 unspecified atom stereocenters. The van der Waals surface area contributed by atoms with Gasteiger partial charge in [0.25, 0.3) is 5.91 Å². The first-order chi connectivity index (χ1) is 10.2. The van der Waals surface area contributed by atoms with Crippen LogP contribution in [-0.4, -0.2) is 23.9 Å². The molecule has 4 heteroatoms. The van der Waals surface area contributed by atoms with Crippen LogP contribution in [0.2, 0.25) is 0 Å². The van der Waals surface area contributed by atoms with E-state index < -0.39 is 0 Å². The molecule has 1 amide bonds. The van der Waals surface area contributed by atoms with Gasteiger partial charge in [-0.2, -0.15) is 11.8 Å². The second-order valence-electron chi connectivity index (χ2n) is 4.75. The van der Waals surface area contributed by atoms with Crippen LogP contribution in [0.15, 0.2) is 54.6 Å². The standard InChI is InChI=1S/C17H19NO2S/c1-21-12-13-7-9-15(10-8-13)17(20)18-16(11-19)14-5-3-2-4-6-14/h2-10,16,19H,11-12H2,1H3,(H,18,20)/t16-/m1/s1. The van der Waals surface area contributed by atoms with Gasteiger partial charge in [0.2, 0.25) is 0 Å². The first-order valence-electron chi connectivity index (χ1n) is 6.79. The number of carbonyl (C=O) groups excluding carboxylic acids is 1. The van der Waals surface area contributed by atoms with Crippen LogP contribution in [0.25, 0.3) is 0 Å². The van der Waals surface area contributed by atoms with Gasteiger partial charge in [0.05, 0.1) is 12.6 Å². The molecular formula is C17H19NO2S. The number of amides is 1. The third-order valence-electron chi connectivity index (χ3n) is 3.22. The maximum atomic E-state index is 12.2. The van der Waals surface area contributed by atoms with Crippen molar-refractivity contribution in [3.8, 4) is 0 Å². The Hall–Kier alpha value is -1.78. The van der Waals surface area contributed by atoms with E-state index >= 15 is 0 Å². The third-order valence-corrected chi connectivity index (χ3v) is 3.84. The lowest BCUT2D eigenvalue weighted by atomic mass is 10.1. The highest BCUT2D eigenvalue weighted by atomic mass is 32.2. The summed E-state index contributed by atoms with van der Waals surface area (Å²) in [4.78, 5) is 12.2. The summed E-state index contributed by atoms with van der Waals surface area (Å²) >= 11 is 1.75. The van der Waals surface area contributed by atoms with E-state index in [9.17, 15) is 9.90 Å². The van der Waals surface area contributed by atoms with Gasteiger partial charge >= 0.3 is 0 Å². The van der Waals surface area contributed by atoms with Crippen molar-refractivity contribution in [3.05, 3.63) is 71.3 Å². The normalized spacial score (nSPS) is 11.9. The SMILES string of the molecule is CSCc1ccc(C(=O)N[C@H](CO)c2ccccc2)cc1. The fourth-order valence-corrected chi connectivity index (χ4v) is 2.61.